The van der Waals surface area contributed by atoms with Gasteiger partial charge in [-0.25, -0.2) is 4.79 Å². The fraction of sp³-hybridized carbons (Fsp3) is 0.444. The van der Waals surface area contributed by atoms with E-state index in [1.807, 2.05) is 42.9 Å². The minimum atomic E-state index is 0.0105. The summed E-state index contributed by atoms with van der Waals surface area (Å²) in [7, 11) is 0. The van der Waals surface area contributed by atoms with Crippen LogP contribution in [-0.2, 0) is 20.4 Å². The van der Waals surface area contributed by atoms with Gasteiger partial charge in [0.05, 0.1) is 0 Å². The molecule has 1 amide bonds. The van der Waals surface area contributed by atoms with E-state index in [0.717, 1.165) is 17.7 Å². The number of benzene rings is 1. The zero-order chi connectivity index (χ0) is 22.1. The van der Waals surface area contributed by atoms with Crippen LogP contribution in [0.2, 0.25) is 0 Å². The Morgan fingerprint density at radius 2 is 1.77 bits per heavy atom. The lowest BCUT2D eigenvalue weighted by molar-refractivity contribution is -0.115. The minimum absolute atomic E-state index is 0.0105. The predicted octanol–water partition coefficient (Wildman–Crippen LogP) is 5.98. The molecule has 0 unspecified atom stereocenters. The number of carbonyl (C=O) groups is 1. The topological polar surface area (TPSA) is 37.4 Å². The summed E-state index contributed by atoms with van der Waals surface area (Å²) in [4.78, 5) is 25.9. The number of likely N-dealkylation sites (N-methyl/N-ethyl adjacent to an activating group) is 1. The predicted molar refractivity (Wildman–Crippen MR) is 125 cm³/mol. The highest BCUT2D eigenvalue weighted by molar-refractivity contribution is 6.05. The first-order valence-electron chi connectivity index (χ1n) is 10.9. The van der Waals surface area contributed by atoms with Crippen LogP contribution in [0.25, 0.3) is 0 Å². The smallest absolute Gasteiger partial charge is 0.253 e. The SMILES string of the molecule is CCN(C(=O)/C(C)=C/C1=CCC(=C=O)C=C1)c1ccc2c(c1)C(C)(C)CCC2(C)C. The van der Waals surface area contributed by atoms with E-state index in [1.54, 1.807) is 6.08 Å². The van der Waals surface area contributed by atoms with Crippen molar-refractivity contribution in [3.63, 3.8) is 0 Å². The molecule has 2 aliphatic rings. The van der Waals surface area contributed by atoms with E-state index in [0.29, 0.717) is 24.1 Å². The van der Waals surface area contributed by atoms with Gasteiger partial charge in [0, 0.05) is 29.8 Å². The van der Waals surface area contributed by atoms with E-state index < -0.39 is 0 Å². The number of rotatable bonds is 4. The number of fused-ring (bicyclic) bond motifs is 1. The molecule has 1 aromatic rings. The second-order valence-electron chi connectivity index (χ2n) is 9.74. The van der Waals surface area contributed by atoms with Crippen molar-refractivity contribution in [2.75, 3.05) is 11.4 Å². The highest BCUT2D eigenvalue weighted by Crippen LogP contribution is 2.46. The van der Waals surface area contributed by atoms with Gasteiger partial charge in [0.1, 0.15) is 5.94 Å². The van der Waals surface area contributed by atoms with Crippen LogP contribution < -0.4 is 4.90 Å². The molecule has 0 saturated heterocycles. The van der Waals surface area contributed by atoms with Gasteiger partial charge in [-0.1, -0.05) is 45.9 Å². The van der Waals surface area contributed by atoms with Crippen molar-refractivity contribution >= 4 is 17.5 Å². The van der Waals surface area contributed by atoms with Crippen LogP contribution in [0, 0.1) is 0 Å². The standard InChI is InChI=1S/C27H33NO2/c1-7-28(25(30)19(2)16-20-8-10-21(18-29)11-9-20)22-12-13-23-24(17-22)27(5,6)15-14-26(23,3)4/h8-10,12-13,16-17H,7,11,14-15H2,1-6H3/b19-16+. The maximum absolute atomic E-state index is 13.3. The number of allylic oxidation sites excluding steroid dienone is 6. The quantitative estimate of drug-likeness (QED) is 0.458. The summed E-state index contributed by atoms with van der Waals surface area (Å²) in [5.41, 5.74) is 6.24. The molecule has 0 heterocycles. The molecule has 3 heteroatoms. The summed E-state index contributed by atoms with van der Waals surface area (Å²) in [5.74, 6) is 1.94. The van der Waals surface area contributed by atoms with Crippen molar-refractivity contribution in [2.24, 2.45) is 0 Å². The molecule has 2 aliphatic carbocycles. The number of hydrogen-bond donors (Lipinski definition) is 0. The Labute approximate surface area is 180 Å². The molecule has 0 radical (unpaired) electrons. The van der Waals surface area contributed by atoms with Gasteiger partial charge >= 0.3 is 0 Å². The molecule has 0 N–H and O–H groups in total. The molecule has 0 bridgehead atoms. The lowest BCUT2D eigenvalue weighted by Gasteiger charge is -2.42. The lowest BCUT2D eigenvalue weighted by atomic mass is 9.63. The van der Waals surface area contributed by atoms with Gasteiger partial charge in [-0.15, -0.1) is 0 Å². The fourth-order valence-corrected chi connectivity index (χ4v) is 4.46. The first kappa shape index (κ1) is 22.1. The number of anilines is 1. The second-order valence-corrected chi connectivity index (χ2v) is 9.74. The van der Waals surface area contributed by atoms with Crippen molar-refractivity contribution in [3.8, 4) is 0 Å². The van der Waals surface area contributed by atoms with E-state index in [2.05, 4.69) is 45.9 Å². The molecule has 0 saturated carbocycles. The number of hydrogen-bond acceptors (Lipinski definition) is 2. The van der Waals surface area contributed by atoms with Gasteiger partial charge < -0.3 is 4.90 Å². The summed E-state index contributed by atoms with van der Waals surface area (Å²) in [6.07, 6.45) is 10.4. The molecule has 1 aromatic carbocycles. The highest BCUT2D eigenvalue weighted by atomic mass is 16.2. The second kappa shape index (κ2) is 8.24. The monoisotopic (exact) mass is 403 g/mol. The Bertz CT molecular complexity index is 998. The number of nitrogens with zero attached hydrogens (tertiary/aromatic N) is 1. The van der Waals surface area contributed by atoms with Gasteiger partial charge in [-0.2, -0.15) is 0 Å². The van der Waals surface area contributed by atoms with Gasteiger partial charge in [-0.3, -0.25) is 4.79 Å². The van der Waals surface area contributed by atoms with Crippen LogP contribution in [0.15, 0.2) is 59.2 Å². The average molecular weight is 404 g/mol. The molecule has 3 nitrogen and oxygen atoms in total. The molecule has 30 heavy (non-hydrogen) atoms. The molecule has 0 spiro atoms. The van der Waals surface area contributed by atoms with E-state index >= 15 is 0 Å². The molecule has 0 atom stereocenters. The largest absolute Gasteiger partial charge is 0.309 e. The summed E-state index contributed by atoms with van der Waals surface area (Å²) >= 11 is 0. The summed E-state index contributed by atoms with van der Waals surface area (Å²) in [5, 5.41) is 0. The lowest BCUT2D eigenvalue weighted by Crippen LogP contribution is -2.35. The van der Waals surface area contributed by atoms with Crippen LogP contribution in [-0.4, -0.2) is 18.4 Å². The Morgan fingerprint density at radius 3 is 2.33 bits per heavy atom. The van der Waals surface area contributed by atoms with Gasteiger partial charge in [0.25, 0.3) is 5.91 Å². The van der Waals surface area contributed by atoms with Crippen molar-refractivity contribution in [1.82, 2.24) is 0 Å². The fourth-order valence-electron chi connectivity index (χ4n) is 4.46. The van der Waals surface area contributed by atoms with Gasteiger partial charge in [-0.05, 0) is 78.5 Å². The molecule has 3 rings (SSSR count). The third-order valence-corrected chi connectivity index (χ3v) is 6.60. The number of amides is 1. The first-order chi connectivity index (χ1) is 14.1. The Balaban J connectivity index is 1.92. The Hall–Kier alpha value is -2.64. The van der Waals surface area contributed by atoms with Crippen LogP contribution in [0.3, 0.4) is 0 Å². The Morgan fingerprint density at radius 1 is 1.10 bits per heavy atom. The molecule has 0 fully saturated rings. The third-order valence-electron chi connectivity index (χ3n) is 6.60. The zero-order valence-electron chi connectivity index (χ0n) is 19.1. The summed E-state index contributed by atoms with van der Waals surface area (Å²) < 4.78 is 0. The van der Waals surface area contributed by atoms with Crippen molar-refractivity contribution in [2.45, 2.75) is 71.6 Å². The van der Waals surface area contributed by atoms with Crippen LogP contribution >= 0.6 is 0 Å². The molecule has 0 aromatic heterocycles. The van der Waals surface area contributed by atoms with Crippen LogP contribution in [0.5, 0.6) is 0 Å². The van der Waals surface area contributed by atoms with E-state index in [9.17, 15) is 9.59 Å². The zero-order valence-corrected chi connectivity index (χ0v) is 19.1. The van der Waals surface area contributed by atoms with E-state index in [4.69, 9.17) is 0 Å². The van der Waals surface area contributed by atoms with Gasteiger partial charge in [0.2, 0.25) is 0 Å². The average Bonchev–Trinajstić information content (AvgIpc) is 2.72. The Kier molecular flexibility index (Phi) is 6.06. The summed E-state index contributed by atoms with van der Waals surface area (Å²) in [6.45, 7) is 13.7. The van der Waals surface area contributed by atoms with E-state index in [1.165, 1.54) is 17.5 Å². The summed E-state index contributed by atoms with van der Waals surface area (Å²) in [6, 6.07) is 6.55. The van der Waals surface area contributed by atoms with Crippen molar-refractivity contribution in [3.05, 3.63) is 70.3 Å². The molecule has 158 valence electrons. The van der Waals surface area contributed by atoms with Crippen molar-refractivity contribution < 1.29 is 9.59 Å². The maximum Gasteiger partial charge on any atom is 0.253 e. The maximum atomic E-state index is 13.3. The van der Waals surface area contributed by atoms with Crippen LogP contribution in [0.4, 0.5) is 5.69 Å². The first-order valence-corrected chi connectivity index (χ1v) is 10.9. The van der Waals surface area contributed by atoms with Gasteiger partial charge in [0.15, 0.2) is 0 Å². The molecular weight excluding hydrogens is 370 g/mol. The molecular formula is C27H33NO2. The van der Waals surface area contributed by atoms with Crippen molar-refractivity contribution in [1.29, 1.82) is 0 Å². The molecule has 0 aliphatic heterocycles. The van der Waals surface area contributed by atoms with E-state index in [-0.39, 0.29) is 16.7 Å². The minimum Gasteiger partial charge on any atom is -0.309 e. The number of carbonyl (C=O) groups excluding carboxylic acids is 2. The third kappa shape index (κ3) is 4.27. The normalized spacial score (nSPS) is 19.6. The van der Waals surface area contributed by atoms with Crippen LogP contribution in [0.1, 0.15) is 71.9 Å². The highest BCUT2D eigenvalue weighted by Gasteiger charge is 2.37.